The van der Waals surface area contributed by atoms with Crippen LogP contribution in [0.2, 0.25) is 0 Å². The number of hydrogen-bond donors (Lipinski definition) is 1. The maximum absolute atomic E-state index is 13.6. The Morgan fingerprint density at radius 3 is 2.49 bits per heavy atom. The van der Waals surface area contributed by atoms with E-state index in [9.17, 15) is 9.59 Å². The van der Waals surface area contributed by atoms with E-state index in [4.69, 9.17) is 19.2 Å². The zero-order chi connectivity index (χ0) is 27.9. The van der Waals surface area contributed by atoms with Gasteiger partial charge in [-0.05, 0) is 44.1 Å². The molecule has 2 aromatic carbocycles. The van der Waals surface area contributed by atoms with Gasteiger partial charge in [-0.2, -0.15) is 0 Å². The molecular formula is C29H34N4O5S. The predicted octanol–water partition coefficient (Wildman–Crippen LogP) is 4.05. The molecule has 0 unspecified atom stereocenters. The first kappa shape index (κ1) is 28.3. The molecule has 0 saturated heterocycles. The second-order valence-electron chi connectivity index (χ2n) is 9.19. The molecule has 0 fully saturated rings. The number of fused-ring (bicyclic) bond motifs is 1. The highest BCUT2D eigenvalue weighted by molar-refractivity contribution is 8.16. The zero-order valence-corrected chi connectivity index (χ0v) is 23.7. The molecule has 2 aliphatic rings. The summed E-state index contributed by atoms with van der Waals surface area (Å²) in [5.74, 6) is 0.530. The van der Waals surface area contributed by atoms with E-state index < -0.39 is 12.0 Å². The lowest BCUT2D eigenvalue weighted by Crippen LogP contribution is -2.38. The Kier molecular flexibility index (Phi) is 9.32. The Morgan fingerprint density at radius 1 is 1.08 bits per heavy atom. The number of hydrogen-bond acceptors (Lipinski definition) is 9. The Hall–Kier alpha value is -3.76. The summed E-state index contributed by atoms with van der Waals surface area (Å²) in [6, 6.07) is 14.5. The van der Waals surface area contributed by atoms with Crippen LogP contribution < -0.4 is 14.8 Å². The predicted molar refractivity (Wildman–Crippen MR) is 153 cm³/mol. The third-order valence-corrected chi connectivity index (χ3v) is 7.19. The van der Waals surface area contributed by atoms with Crippen LogP contribution in [0.25, 0.3) is 5.70 Å². The lowest BCUT2D eigenvalue weighted by molar-refractivity contribution is -0.139. The number of benzene rings is 2. The van der Waals surface area contributed by atoms with Gasteiger partial charge < -0.3 is 29.3 Å². The van der Waals surface area contributed by atoms with E-state index in [2.05, 4.69) is 5.32 Å². The number of rotatable bonds is 11. The van der Waals surface area contributed by atoms with Crippen LogP contribution in [-0.2, 0) is 14.3 Å². The molecule has 0 aromatic heterocycles. The number of thioether (sulfide) groups is 1. The number of nitrogens with zero attached hydrogens (tertiary/aromatic N) is 3. The molecule has 1 amide bonds. The van der Waals surface area contributed by atoms with Gasteiger partial charge in [0.25, 0.3) is 0 Å². The quantitative estimate of drug-likeness (QED) is 0.419. The molecule has 0 bridgehead atoms. The van der Waals surface area contributed by atoms with Crippen molar-refractivity contribution in [3.8, 4) is 11.5 Å². The average molecular weight is 551 g/mol. The van der Waals surface area contributed by atoms with Crippen LogP contribution in [0.1, 0.15) is 30.5 Å². The summed E-state index contributed by atoms with van der Waals surface area (Å²) in [6.07, 6.45) is 0.139. The molecule has 9 nitrogen and oxygen atoms in total. The summed E-state index contributed by atoms with van der Waals surface area (Å²) in [4.78, 5) is 35.4. The van der Waals surface area contributed by atoms with Crippen LogP contribution in [0.4, 0.5) is 0 Å². The fourth-order valence-electron chi connectivity index (χ4n) is 4.47. The minimum Gasteiger partial charge on any atom is -0.493 e. The van der Waals surface area contributed by atoms with Crippen molar-refractivity contribution < 1.29 is 23.8 Å². The number of amidine groups is 1. The standard InChI is InChI=1S/C29H34N4O5S/c1-6-38-28(35)25-26(19-10-8-7-9-11-19)31-29-33(21(18-39-29)17-24(34)30-14-15-32(2)3)27(25)20-12-13-22(36-4)23(16-20)37-5/h7-13,16,18,27H,6,14-15,17H2,1-5H3,(H,30,34)/t27-/m0/s1. The molecule has 0 radical (unpaired) electrons. The molecule has 2 aromatic rings. The summed E-state index contributed by atoms with van der Waals surface area (Å²) in [6.45, 7) is 3.27. The Morgan fingerprint density at radius 2 is 1.82 bits per heavy atom. The molecular weight excluding hydrogens is 516 g/mol. The fraction of sp³-hybridized carbons (Fsp3) is 0.345. The maximum atomic E-state index is 13.6. The first-order chi connectivity index (χ1) is 18.9. The van der Waals surface area contributed by atoms with Crippen LogP contribution in [0, 0.1) is 0 Å². The highest BCUT2D eigenvalue weighted by Crippen LogP contribution is 2.48. The molecule has 39 heavy (non-hydrogen) atoms. The van der Waals surface area contributed by atoms with Gasteiger partial charge in [0.15, 0.2) is 16.7 Å². The van der Waals surface area contributed by atoms with Crippen molar-refractivity contribution in [1.29, 1.82) is 0 Å². The monoisotopic (exact) mass is 550 g/mol. The topological polar surface area (TPSA) is 92.7 Å². The molecule has 206 valence electrons. The Balaban J connectivity index is 1.82. The average Bonchev–Trinajstić information content (AvgIpc) is 3.34. The summed E-state index contributed by atoms with van der Waals surface area (Å²) >= 11 is 1.43. The highest BCUT2D eigenvalue weighted by atomic mass is 32.2. The van der Waals surface area contributed by atoms with Gasteiger partial charge in [-0.15, -0.1) is 0 Å². The summed E-state index contributed by atoms with van der Waals surface area (Å²) < 4.78 is 16.6. The van der Waals surface area contributed by atoms with Crippen LogP contribution in [0.15, 0.2) is 70.2 Å². The van der Waals surface area contributed by atoms with Crippen LogP contribution in [0.3, 0.4) is 0 Å². The van der Waals surface area contributed by atoms with E-state index in [0.29, 0.717) is 34.5 Å². The highest BCUT2D eigenvalue weighted by Gasteiger charge is 2.42. The molecule has 10 heteroatoms. The third kappa shape index (κ3) is 6.29. The molecule has 0 spiro atoms. The summed E-state index contributed by atoms with van der Waals surface area (Å²) in [5, 5.41) is 5.58. The maximum Gasteiger partial charge on any atom is 0.338 e. The van der Waals surface area contributed by atoms with Gasteiger partial charge in [0.1, 0.15) is 0 Å². The number of methoxy groups -OCH3 is 2. The van der Waals surface area contributed by atoms with Gasteiger partial charge in [-0.25, -0.2) is 9.79 Å². The van der Waals surface area contributed by atoms with Crippen molar-refractivity contribution in [2.24, 2.45) is 4.99 Å². The number of ether oxygens (including phenoxy) is 3. The largest absolute Gasteiger partial charge is 0.493 e. The van der Waals surface area contributed by atoms with Crippen molar-refractivity contribution in [3.63, 3.8) is 0 Å². The van der Waals surface area contributed by atoms with Crippen LogP contribution in [-0.4, -0.2) is 74.9 Å². The molecule has 2 heterocycles. The SMILES string of the molecule is CCOC(=O)C1=C(c2ccccc2)N=C2SC=C(CC(=O)NCCN(C)C)N2[C@H]1c1ccc(OC)c(OC)c1. The zero-order valence-electron chi connectivity index (χ0n) is 22.9. The van der Waals surface area contributed by atoms with E-state index >= 15 is 0 Å². The lowest BCUT2D eigenvalue weighted by Gasteiger charge is -2.37. The fourth-order valence-corrected chi connectivity index (χ4v) is 5.39. The summed E-state index contributed by atoms with van der Waals surface area (Å²) in [7, 11) is 7.06. The van der Waals surface area contributed by atoms with Crippen molar-refractivity contribution >= 4 is 34.5 Å². The number of esters is 1. The van der Waals surface area contributed by atoms with Crippen molar-refractivity contribution in [3.05, 3.63) is 76.3 Å². The van der Waals surface area contributed by atoms with Crippen molar-refractivity contribution in [2.75, 3.05) is 48.0 Å². The number of amides is 1. The minimum absolute atomic E-state index is 0.105. The van der Waals surface area contributed by atoms with Crippen LogP contribution >= 0.6 is 11.8 Å². The van der Waals surface area contributed by atoms with E-state index in [1.54, 1.807) is 21.1 Å². The first-order valence-electron chi connectivity index (χ1n) is 12.7. The van der Waals surface area contributed by atoms with E-state index in [1.165, 1.54) is 11.8 Å². The lowest BCUT2D eigenvalue weighted by atomic mass is 9.91. The van der Waals surface area contributed by atoms with Gasteiger partial charge in [-0.1, -0.05) is 48.2 Å². The Labute approximate surface area is 233 Å². The second kappa shape index (κ2) is 12.9. The van der Waals surface area contributed by atoms with Gasteiger partial charge in [0.2, 0.25) is 5.91 Å². The molecule has 2 aliphatic heterocycles. The number of nitrogens with one attached hydrogen (secondary N) is 1. The normalized spacial score (nSPS) is 16.5. The van der Waals surface area contributed by atoms with E-state index in [0.717, 1.165) is 23.4 Å². The number of carbonyl (C=O) groups excluding carboxylic acids is 2. The molecule has 0 aliphatic carbocycles. The molecule has 1 N–H and O–H groups in total. The Bertz CT molecular complexity index is 1310. The van der Waals surface area contributed by atoms with Gasteiger partial charge >= 0.3 is 5.97 Å². The van der Waals surface area contributed by atoms with E-state index in [1.807, 2.05) is 77.8 Å². The van der Waals surface area contributed by atoms with Crippen molar-refractivity contribution in [2.45, 2.75) is 19.4 Å². The first-order valence-corrected chi connectivity index (χ1v) is 13.6. The van der Waals surface area contributed by atoms with Crippen molar-refractivity contribution in [1.82, 2.24) is 15.1 Å². The smallest absolute Gasteiger partial charge is 0.338 e. The van der Waals surface area contributed by atoms with Crippen LogP contribution in [0.5, 0.6) is 11.5 Å². The molecule has 4 rings (SSSR count). The third-order valence-electron chi connectivity index (χ3n) is 6.30. The molecule has 0 saturated carbocycles. The molecule has 1 atom stereocenters. The van der Waals surface area contributed by atoms with Gasteiger partial charge in [0, 0.05) is 24.4 Å². The van der Waals surface area contributed by atoms with Gasteiger partial charge in [-0.3, -0.25) is 4.79 Å². The second-order valence-corrected chi connectivity index (χ2v) is 10.0. The summed E-state index contributed by atoms with van der Waals surface area (Å²) in [5.41, 5.74) is 3.25. The number of aliphatic imine (C=N–C) groups is 1. The number of likely N-dealkylation sites (N-methyl/N-ethyl adjacent to an activating group) is 1. The van der Waals surface area contributed by atoms with E-state index in [-0.39, 0.29) is 18.9 Å². The minimum atomic E-state index is -0.609. The number of carbonyl (C=O) groups is 2. The van der Waals surface area contributed by atoms with Gasteiger partial charge in [0.05, 0.1) is 44.6 Å².